The first-order valence-corrected chi connectivity index (χ1v) is 5.45. The molecule has 0 aliphatic heterocycles. The van der Waals surface area contributed by atoms with Crippen molar-refractivity contribution in [2.24, 2.45) is 0 Å². The molecule has 0 aliphatic rings. The van der Waals surface area contributed by atoms with Gasteiger partial charge in [0.2, 0.25) is 0 Å². The molecular formula is C11H10BrNO3. The summed E-state index contributed by atoms with van der Waals surface area (Å²) in [5.41, 5.74) is 0.790. The van der Waals surface area contributed by atoms with Gasteiger partial charge in [-0.2, -0.15) is 5.26 Å². The van der Waals surface area contributed by atoms with Crippen molar-refractivity contribution in [1.82, 2.24) is 0 Å². The van der Waals surface area contributed by atoms with E-state index in [1.807, 2.05) is 6.07 Å². The highest BCUT2D eigenvalue weighted by molar-refractivity contribution is 9.10. The van der Waals surface area contributed by atoms with Gasteiger partial charge >= 0.3 is 5.97 Å². The van der Waals surface area contributed by atoms with E-state index in [2.05, 4.69) is 15.9 Å². The molecule has 0 heterocycles. The molecule has 0 amide bonds. The first-order valence-electron chi connectivity index (χ1n) is 4.66. The van der Waals surface area contributed by atoms with Gasteiger partial charge in [-0.3, -0.25) is 4.79 Å². The predicted molar refractivity (Wildman–Crippen MR) is 60.9 cm³/mol. The number of halogens is 1. The predicted octanol–water partition coefficient (Wildman–Crippen LogP) is 2.13. The first kappa shape index (κ1) is 12.5. The minimum absolute atomic E-state index is 0.00158. The lowest BCUT2D eigenvalue weighted by atomic mass is 10.1. The van der Waals surface area contributed by atoms with E-state index >= 15 is 0 Å². The number of nitriles is 1. The van der Waals surface area contributed by atoms with Gasteiger partial charge in [0.05, 0.1) is 29.1 Å². The van der Waals surface area contributed by atoms with E-state index in [9.17, 15) is 9.90 Å². The summed E-state index contributed by atoms with van der Waals surface area (Å²) < 4.78 is 5.15. The summed E-state index contributed by atoms with van der Waals surface area (Å²) in [5, 5.41) is 18.3. The van der Waals surface area contributed by atoms with Gasteiger partial charge < -0.3 is 9.84 Å². The maximum Gasteiger partial charge on any atom is 0.310 e. The number of hydrogen-bond donors (Lipinski definition) is 1. The third-order valence-electron chi connectivity index (χ3n) is 1.97. The van der Waals surface area contributed by atoms with Crippen LogP contribution in [0, 0.1) is 11.3 Å². The molecule has 84 valence electrons. The third kappa shape index (κ3) is 2.74. The van der Waals surface area contributed by atoms with Crippen LogP contribution in [-0.4, -0.2) is 17.7 Å². The number of phenols is 1. The Balaban J connectivity index is 3.07. The molecule has 0 radical (unpaired) electrons. The molecule has 0 aromatic heterocycles. The SMILES string of the molecule is CCOC(=O)Cc1c(C#N)ccc(O)c1Br. The fraction of sp³-hybridized carbons (Fsp3) is 0.273. The molecule has 1 rings (SSSR count). The molecular weight excluding hydrogens is 274 g/mol. The lowest BCUT2D eigenvalue weighted by Gasteiger charge is -2.07. The number of hydrogen-bond acceptors (Lipinski definition) is 4. The maximum atomic E-state index is 11.3. The van der Waals surface area contributed by atoms with E-state index in [0.717, 1.165) is 0 Å². The average molecular weight is 284 g/mol. The second-order valence-electron chi connectivity index (χ2n) is 3.02. The molecule has 1 aromatic carbocycles. The van der Waals surface area contributed by atoms with Gasteiger partial charge in [-0.15, -0.1) is 0 Å². The third-order valence-corrected chi connectivity index (χ3v) is 2.85. The molecule has 0 aliphatic carbocycles. The van der Waals surface area contributed by atoms with E-state index in [0.29, 0.717) is 15.6 Å². The van der Waals surface area contributed by atoms with Gasteiger partial charge in [-0.05, 0) is 40.5 Å². The second-order valence-corrected chi connectivity index (χ2v) is 3.81. The molecule has 1 N–H and O–H groups in total. The standard InChI is InChI=1S/C11H10BrNO3/c1-2-16-10(15)5-8-7(6-13)3-4-9(14)11(8)12/h3-4,14H,2,5H2,1H3. The number of nitrogens with zero attached hydrogens (tertiary/aromatic N) is 1. The highest BCUT2D eigenvalue weighted by Gasteiger charge is 2.14. The summed E-state index contributed by atoms with van der Waals surface area (Å²) in [6.07, 6.45) is -0.0360. The first-order chi connectivity index (χ1) is 7.60. The summed E-state index contributed by atoms with van der Waals surface area (Å²) >= 11 is 3.14. The maximum absolute atomic E-state index is 11.3. The van der Waals surface area contributed by atoms with Crippen LogP contribution in [0.4, 0.5) is 0 Å². The summed E-state index contributed by atoms with van der Waals surface area (Å²) in [4.78, 5) is 11.3. The van der Waals surface area contributed by atoms with Gasteiger partial charge in [0.1, 0.15) is 5.75 Å². The zero-order chi connectivity index (χ0) is 12.1. The Labute approximate surface area is 102 Å². The van der Waals surface area contributed by atoms with Crippen LogP contribution in [0.5, 0.6) is 5.75 Å². The summed E-state index contributed by atoms with van der Waals surface area (Å²) in [6.45, 7) is 2.00. The fourth-order valence-electron chi connectivity index (χ4n) is 1.24. The average Bonchev–Trinajstić information content (AvgIpc) is 2.25. The number of benzene rings is 1. The summed E-state index contributed by atoms with van der Waals surface area (Å²) in [5.74, 6) is -0.427. The van der Waals surface area contributed by atoms with E-state index < -0.39 is 5.97 Å². The van der Waals surface area contributed by atoms with Crippen LogP contribution in [0.25, 0.3) is 0 Å². The molecule has 0 atom stereocenters. The van der Waals surface area contributed by atoms with Crippen molar-refractivity contribution < 1.29 is 14.6 Å². The molecule has 5 heteroatoms. The minimum Gasteiger partial charge on any atom is -0.507 e. The number of aromatic hydroxyl groups is 1. The number of carbonyl (C=O) groups is 1. The quantitative estimate of drug-likeness (QED) is 0.863. The Morgan fingerprint density at radius 2 is 2.31 bits per heavy atom. The normalized spacial score (nSPS) is 9.56. The molecule has 4 nitrogen and oxygen atoms in total. The largest absolute Gasteiger partial charge is 0.507 e. The van der Waals surface area contributed by atoms with Crippen molar-refractivity contribution in [2.45, 2.75) is 13.3 Å². The molecule has 0 saturated heterocycles. The minimum atomic E-state index is -0.426. The fourth-order valence-corrected chi connectivity index (χ4v) is 1.73. The van der Waals surface area contributed by atoms with Gasteiger partial charge in [-0.1, -0.05) is 0 Å². The number of esters is 1. The monoisotopic (exact) mass is 283 g/mol. The van der Waals surface area contributed by atoms with E-state index in [1.54, 1.807) is 6.92 Å². The van der Waals surface area contributed by atoms with E-state index in [1.165, 1.54) is 12.1 Å². The van der Waals surface area contributed by atoms with Crippen LogP contribution in [0.3, 0.4) is 0 Å². The van der Waals surface area contributed by atoms with Crippen LogP contribution >= 0.6 is 15.9 Å². The lowest BCUT2D eigenvalue weighted by molar-refractivity contribution is -0.142. The molecule has 0 spiro atoms. The Kier molecular flexibility index (Phi) is 4.32. The van der Waals surface area contributed by atoms with Gasteiger partial charge in [0.15, 0.2) is 0 Å². The Bertz CT molecular complexity index is 451. The highest BCUT2D eigenvalue weighted by atomic mass is 79.9. The second kappa shape index (κ2) is 5.52. The van der Waals surface area contributed by atoms with Gasteiger partial charge in [-0.25, -0.2) is 0 Å². The molecule has 0 unspecified atom stereocenters. The highest BCUT2D eigenvalue weighted by Crippen LogP contribution is 2.30. The van der Waals surface area contributed by atoms with Crippen molar-refractivity contribution in [1.29, 1.82) is 5.26 Å². The van der Waals surface area contributed by atoms with Crippen molar-refractivity contribution in [3.05, 3.63) is 27.7 Å². The molecule has 0 bridgehead atoms. The lowest BCUT2D eigenvalue weighted by Crippen LogP contribution is -2.09. The Hall–Kier alpha value is -1.54. The van der Waals surface area contributed by atoms with Crippen molar-refractivity contribution in [3.63, 3.8) is 0 Å². The number of carbonyl (C=O) groups excluding carboxylic acids is 1. The van der Waals surface area contributed by atoms with Gasteiger partial charge in [0.25, 0.3) is 0 Å². The molecule has 1 aromatic rings. The molecule has 0 fully saturated rings. The number of ether oxygens (including phenoxy) is 1. The summed E-state index contributed by atoms with van der Waals surface area (Å²) in [6, 6.07) is 4.83. The van der Waals surface area contributed by atoms with Crippen LogP contribution in [-0.2, 0) is 16.0 Å². The zero-order valence-electron chi connectivity index (χ0n) is 8.66. The molecule has 0 saturated carbocycles. The van der Waals surface area contributed by atoms with Crippen molar-refractivity contribution in [3.8, 4) is 11.8 Å². The van der Waals surface area contributed by atoms with Crippen LogP contribution in [0.2, 0.25) is 0 Å². The van der Waals surface area contributed by atoms with Crippen LogP contribution in [0.15, 0.2) is 16.6 Å². The zero-order valence-corrected chi connectivity index (χ0v) is 10.2. The summed E-state index contributed by atoms with van der Waals surface area (Å²) in [7, 11) is 0. The van der Waals surface area contributed by atoms with Crippen molar-refractivity contribution >= 4 is 21.9 Å². The smallest absolute Gasteiger partial charge is 0.310 e. The number of phenolic OH excluding ortho intramolecular Hbond substituents is 1. The Morgan fingerprint density at radius 1 is 1.62 bits per heavy atom. The number of rotatable bonds is 3. The van der Waals surface area contributed by atoms with E-state index in [4.69, 9.17) is 10.00 Å². The van der Waals surface area contributed by atoms with Crippen LogP contribution < -0.4 is 0 Å². The van der Waals surface area contributed by atoms with Crippen molar-refractivity contribution in [2.75, 3.05) is 6.61 Å². The Morgan fingerprint density at radius 3 is 2.88 bits per heavy atom. The molecule has 16 heavy (non-hydrogen) atoms. The topological polar surface area (TPSA) is 70.3 Å². The van der Waals surface area contributed by atoms with Crippen LogP contribution in [0.1, 0.15) is 18.1 Å². The van der Waals surface area contributed by atoms with Gasteiger partial charge in [0, 0.05) is 0 Å². The van der Waals surface area contributed by atoms with E-state index in [-0.39, 0.29) is 18.8 Å².